The number of hydrogen-bond acceptors (Lipinski definition) is 4. The second kappa shape index (κ2) is 17.8. The zero-order valence-electron chi connectivity index (χ0n) is 55.2. The predicted molar refractivity (Wildman–Crippen MR) is 354 cm³/mol. The summed E-state index contributed by atoms with van der Waals surface area (Å²) < 4.78 is 35.0. The standard InChI is InChI=1S/C77H86BN3O/c1-46-36-66-70-67(37-46)81(63-43-59-57(38-47(63)2)74(12,13)34-35-75(59,14)15)65-44-60-58(76(16,17)45-77(60,18)19)42-62(65)78(70)61-32-29-54(79(51-25-20-48(21-26-51)71(3,4)5)52-27-22-49(23-28-52)72(6,7)8)41-64(61)80(66)53-30-33-68-56(40-53)55-31-24-50(73(9,10)11)39-69(55)82-68/h20-33,36-44H,34-35,45H2,1-19H3/i1D3. The second-order valence-corrected chi connectivity index (χ2v) is 30.8. The molecule has 8 aromatic carbocycles. The average Bonchev–Trinajstić information content (AvgIpc) is 1.46. The van der Waals surface area contributed by atoms with Crippen molar-refractivity contribution in [3.63, 3.8) is 0 Å². The monoisotopic (exact) mass is 1080 g/mol. The summed E-state index contributed by atoms with van der Waals surface area (Å²) in [5.74, 6) is 0. The summed E-state index contributed by atoms with van der Waals surface area (Å²) in [4.78, 5) is 7.28. The van der Waals surface area contributed by atoms with Crippen LogP contribution >= 0.6 is 0 Å². The lowest BCUT2D eigenvalue weighted by atomic mass is 9.33. The third kappa shape index (κ3) is 8.51. The fourth-order valence-electron chi connectivity index (χ4n) is 15.1. The van der Waals surface area contributed by atoms with Gasteiger partial charge in [-0.15, -0.1) is 0 Å². The first-order chi connectivity index (χ1) is 39.5. The van der Waals surface area contributed by atoms with E-state index in [-0.39, 0.29) is 44.6 Å². The van der Waals surface area contributed by atoms with E-state index in [9.17, 15) is 4.11 Å². The molecule has 9 aromatic rings. The lowest BCUT2D eigenvalue weighted by Gasteiger charge is -2.46. The number of benzene rings is 8. The van der Waals surface area contributed by atoms with E-state index in [0.29, 0.717) is 5.56 Å². The molecule has 0 N–H and O–H groups in total. The van der Waals surface area contributed by atoms with E-state index in [1.54, 1.807) is 0 Å². The van der Waals surface area contributed by atoms with Gasteiger partial charge in [-0.3, -0.25) is 0 Å². The maximum Gasteiger partial charge on any atom is 0.252 e. The molecule has 1 aromatic heterocycles. The minimum absolute atomic E-state index is 0.0104. The third-order valence-electron chi connectivity index (χ3n) is 19.8. The molecule has 2 aliphatic carbocycles. The van der Waals surface area contributed by atoms with Crippen LogP contribution in [0.25, 0.3) is 21.9 Å². The molecule has 418 valence electrons. The Balaban J connectivity index is 1.14. The van der Waals surface area contributed by atoms with E-state index in [4.69, 9.17) is 4.42 Å². The molecule has 0 unspecified atom stereocenters. The van der Waals surface area contributed by atoms with Crippen LogP contribution in [0.15, 0.2) is 144 Å². The molecular formula is C77H86BN3O. The van der Waals surface area contributed by atoms with Gasteiger partial charge >= 0.3 is 0 Å². The molecule has 0 saturated heterocycles. The van der Waals surface area contributed by atoms with Gasteiger partial charge in [0.25, 0.3) is 6.71 Å². The Morgan fingerprint density at radius 3 is 1.55 bits per heavy atom. The first-order valence-corrected chi connectivity index (χ1v) is 30.3. The van der Waals surface area contributed by atoms with E-state index in [1.165, 1.54) is 50.0 Å². The number of hydrogen-bond donors (Lipinski definition) is 0. The number of anilines is 9. The first-order valence-electron chi connectivity index (χ1n) is 31.8. The molecule has 5 heteroatoms. The molecule has 4 nitrogen and oxygen atoms in total. The van der Waals surface area contributed by atoms with Crippen molar-refractivity contribution in [2.45, 2.75) is 189 Å². The minimum Gasteiger partial charge on any atom is -0.456 e. The van der Waals surface area contributed by atoms with Crippen LogP contribution in [-0.4, -0.2) is 6.71 Å². The van der Waals surface area contributed by atoms with Crippen LogP contribution in [0.5, 0.6) is 0 Å². The summed E-state index contributed by atoms with van der Waals surface area (Å²) >= 11 is 0. The topological polar surface area (TPSA) is 22.9 Å². The maximum atomic E-state index is 9.42. The number of nitrogens with zero attached hydrogens (tertiary/aromatic N) is 3. The zero-order valence-corrected chi connectivity index (χ0v) is 52.2. The van der Waals surface area contributed by atoms with Crippen LogP contribution in [0.4, 0.5) is 51.2 Å². The van der Waals surface area contributed by atoms with Crippen LogP contribution in [0.3, 0.4) is 0 Å². The van der Waals surface area contributed by atoms with Crippen molar-refractivity contribution in [2.24, 2.45) is 0 Å². The molecule has 0 spiro atoms. The minimum atomic E-state index is -2.44. The van der Waals surface area contributed by atoms with Gasteiger partial charge < -0.3 is 19.1 Å². The Hall–Kier alpha value is -6.98. The zero-order chi connectivity index (χ0) is 60.8. The highest BCUT2D eigenvalue weighted by Gasteiger charge is 2.49. The van der Waals surface area contributed by atoms with Gasteiger partial charge in [0, 0.05) is 66.1 Å². The van der Waals surface area contributed by atoms with E-state index < -0.39 is 6.85 Å². The normalized spacial score (nSPS) is 18.1. The SMILES string of the molecule is [2H]C([2H])([2H])c1cc2c3c(c1)N(c1cc4c(cc1C)C(C)(C)CCC4(C)C)c1cc4c(cc1B3c1ccc(N(c3ccc(C(C)(C)C)cc3)c3ccc(C(C)(C)C)cc3)cc1N2c1ccc2oc3cc(C(C)(C)C)ccc3c2c1)C(C)(C)CC4(C)C. The Kier molecular flexibility index (Phi) is 11.0. The molecule has 4 aliphatic rings. The van der Waals surface area contributed by atoms with Crippen LogP contribution in [-0.2, 0) is 37.9 Å². The van der Waals surface area contributed by atoms with Crippen molar-refractivity contribution in [1.29, 1.82) is 0 Å². The summed E-state index contributed by atoms with van der Waals surface area (Å²) in [6.07, 6.45) is 3.22. The Labute approximate surface area is 495 Å². The summed E-state index contributed by atoms with van der Waals surface area (Å²) in [7, 11) is 0. The van der Waals surface area contributed by atoms with Crippen molar-refractivity contribution in [3.05, 3.63) is 190 Å². The van der Waals surface area contributed by atoms with Gasteiger partial charge in [0.15, 0.2) is 0 Å². The highest BCUT2D eigenvalue weighted by molar-refractivity contribution is 7.00. The molecule has 13 rings (SSSR count). The predicted octanol–water partition coefficient (Wildman–Crippen LogP) is 20.0. The molecular weight excluding hydrogens is 994 g/mol. The number of fused-ring (bicyclic) bond motifs is 9. The molecule has 0 saturated carbocycles. The van der Waals surface area contributed by atoms with Crippen LogP contribution < -0.4 is 31.1 Å². The van der Waals surface area contributed by atoms with Crippen LogP contribution in [0.2, 0.25) is 0 Å². The van der Waals surface area contributed by atoms with Gasteiger partial charge in [-0.1, -0.05) is 172 Å². The quantitative estimate of drug-likeness (QED) is 0.160. The van der Waals surface area contributed by atoms with Crippen LogP contribution in [0, 0.1) is 13.8 Å². The van der Waals surface area contributed by atoms with E-state index in [2.05, 4.69) is 267 Å². The van der Waals surface area contributed by atoms with Gasteiger partial charge in [-0.05, 0) is 222 Å². The van der Waals surface area contributed by atoms with Crippen molar-refractivity contribution < 1.29 is 8.53 Å². The molecule has 0 atom stereocenters. The first kappa shape index (κ1) is 50.7. The van der Waals surface area contributed by atoms with Gasteiger partial charge in [-0.25, -0.2) is 0 Å². The number of aryl methyl sites for hydroxylation is 2. The summed E-state index contributed by atoms with van der Waals surface area (Å²) in [6.45, 7) is 39.2. The molecule has 82 heavy (non-hydrogen) atoms. The Morgan fingerprint density at radius 2 is 0.963 bits per heavy atom. The number of rotatable bonds is 5. The van der Waals surface area contributed by atoms with Crippen LogP contribution in [0.1, 0.15) is 191 Å². The summed E-state index contributed by atoms with van der Waals surface area (Å²) in [5.41, 5.74) is 24.6. The lowest BCUT2D eigenvalue weighted by Crippen LogP contribution is -2.61. The van der Waals surface area contributed by atoms with Gasteiger partial charge in [0.05, 0.1) is 0 Å². The van der Waals surface area contributed by atoms with Gasteiger partial charge in [-0.2, -0.15) is 0 Å². The largest absolute Gasteiger partial charge is 0.456 e. The second-order valence-electron chi connectivity index (χ2n) is 30.8. The van der Waals surface area contributed by atoms with Gasteiger partial charge in [0.2, 0.25) is 0 Å². The Morgan fingerprint density at radius 1 is 0.451 bits per heavy atom. The van der Waals surface area contributed by atoms with Crippen molar-refractivity contribution in [1.82, 2.24) is 0 Å². The molecule has 0 fully saturated rings. The molecule has 2 aliphatic heterocycles. The Bertz CT molecular complexity index is 4170. The summed E-state index contributed by atoms with van der Waals surface area (Å²) in [5, 5.41) is 2.06. The summed E-state index contributed by atoms with van der Waals surface area (Å²) in [6, 6.07) is 52.6. The fourth-order valence-corrected chi connectivity index (χ4v) is 15.1. The number of furan rings is 1. The third-order valence-corrected chi connectivity index (χ3v) is 19.8. The highest BCUT2D eigenvalue weighted by Crippen LogP contribution is 2.55. The van der Waals surface area contributed by atoms with Gasteiger partial charge in [0.1, 0.15) is 11.2 Å². The van der Waals surface area contributed by atoms with E-state index in [0.717, 1.165) is 103 Å². The van der Waals surface area contributed by atoms with E-state index in [1.807, 2.05) is 12.1 Å². The molecule has 0 amide bonds. The van der Waals surface area contributed by atoms with Crippen molar-refractivity contribution in [3.8, 4) is 0 Å². The van der Waals surface area contributed by atoms with Crippen molar-refractivity contribution in [2.75, 3.05) is 14.7 Å². The van der Waals surface area contributed by atoms with E-state index >= 15 is 0 Å². The maximum absolute atomic E-state index is 9.42. The highest BCUT2D eigenvalue weighted by atomic mass is 16.3. The fraction of sp³-hybridized carbons (Fsp3) is 0.377. The molecule has 3 heterocycles. The molecule has 0 radical (unpaired) electrons. The van der Waals surface area contributed by atoms with Crippen molar-refractivity contribution >= 4 is 96.2 Å². The smallest absolute Gasteiger partial charge is 0.252 e. The lowest BCUT2D eigenvalue weighted by molar-refractivity contribution is 0.332. The molecule has 0 bridgehead atoms. The average molecular weight is 1080 g/mol.